The molecule has 0 saturated carbocycles. The molecule has 1 saturated heterocycles. The summed E-state index contributed by atoms with van der Waals surface area (Å²) in [4.78, 5) is 12.3. The van der Waals surface area contributed by atoms with Crippen LogP contribution in [0.15, 0.2) is 40.2 Å². The van der Waals surface area contributed by atoms with E-state index in [1.54, 1.807) is 38.4 Å². The molecule has 0 radical (unpaired) electrons. The zero-order valence-electron chi connectivity index (χ0n) is 15.3. The minimum absolute atomic E-state index is 0.0630. The minimum atomic E-state index is -3.33. The zero-order valence-corrected chi connectivity index (χ0v) is 16.1. The Hall–Kier alpha value is -2.12. The smallest absolute Gasteiger partial charge is 0.253 e. The third-order valence-corrected chi connectivity index (χ3v) is 5.78. The molecule has 0 bridgehead atoms. The highest BCUT2D eigenvalue weighted by molar-refractivity contribution is 7.90. The lowest BCUT2D eigenvalue weighted by atomic mass is 10.0. The van der Waals surface area contributed by atoms with E-state index >= 15 is 0 Å². The maximum Gasteiger partial charge on any atom is 0.253 e. The van der Waals surface area contributed by atoms with Crippen molar-refractivity contribution in [1.29, 1.82) is 0 Å². The van der Waals surface area contributed by atoms with Crippen LogP contribution in [0, 0.1) is 6.92 Å². The molecule has 3 rings (SSSR count). The molecule has 0 unspecified atom stereocenters. The van der Waals surface area contributed by atoms with E-state index in [4.69, 9.17) is 4.74 Å². The first-order valence-corrected chi connectivity index (χ1v) is 10.5. The Balaban J connectivity index is 2.11. The summed E-state index contributed by atoms with van der Waals surface area (Å²) in [6.07, 6.45) is 4.74. The van der Waals surface area contributed by atoms with E-state index in [-0.39, 0.29) is 16.5 Å². The molecule has 1 aromatic carbocycles. The van der Waals surface area contributed by atoms with Gasteiger partial charge in [-0.25, -0.2) is 8.42 Å². The molecule has 1 fully saturated rings. The molecule has 0 atom stereocenters. The third-order valence-electron chi connectivity index (χ3n) is 4.67. The number of benzene rings is 1. The number of hydrogen-bond acceptors (Lipinski definition) is 5. The number of pyridine rings is 1. The fourth-order valence-electron chi connectivity index (χ4n) is 3.21. The maximum absolute atomic E-state index is 12.0. The Bertz CT molecular complexity index is 947. The van der Waals surface area contributed by atoms with Crippen LogP contribution in [0.3, 0.4) is 0 Å². The highest BCUT2D eigenvalue weighted by Crippen LogP contribution is 2.32. The van der Waals surface area contributed by atoms with Crippen molar-refractivity contribution < 1.29 is 13.2 Å². The summed E-state index contributed by atoms with van der Waals surface area (Å²) in [5.74, 6) is 0. The van der Waals surface area contributed by atoms with Crippen LogP contribution in [0.1, 0.15) is 18.4 Å². The first-order chi connectivity index (χ1) is 12.3. The van der Waals surface area contributed by atoms with Crippen molar-refractivity contribution in [3.05, 3.63) is 46.4 Å². The molecule has 0 amide bonds. The quantitative estimate of drug-likeness (QED) is 0.886. The summed E-state index contributed by atoms with van der Waals surface area (Å²) in [6.45, 7) is 3.19. The predicted molar refractivity (Wildman–Crippen MR) is 102 cm³/mol. The molecule has 1 aliphatic rings. The lowest BCUT2D eigenvalue weighted by Gasteiger charge is -2.26. The lowest BCUT2D eigenvalue weighted by Crippen LogP contribution is -2.28. The molecule has 7 heteroatoms. The van der Waals surface area contributed by atoms with Crippen molar-refractivity contribution in [3.8, 4) is 11.1 Å². The average Bonchev–Trinajstić information content (AvgIpc) is 2.59. The fraction of sp³-hybridized carbons (Fsp3) is 0.421. The molecule has 2 aromatic rings. The van der Waals surface area contributed by atoms with E-state index in [0.717, 1.165) is 29.7 Å². The maximum atomic E-state index is 12.0. The molecule has 1 N–H and O–H groups in total. The SMILES string of the molecule is Cc1cc(-c2cc(S(C)(=O)=O)ccc2NC2CCOCC2)cn(C)c1=O. The van der Waals surface area contributed by atoms with Crippen LogP contribution >= 0.6 is 0 Å². The Labute approximate surface area is 153 Å². The van der Waals surface area contributed by atoms with Crippen molar-refractivity contribution in [2.45, 2.75) is 30.7 Å². The molecule has 26 heavy (non-hydrogen) atoms. The number of aryl methyl sites for hydroxylation is 2. The highest BCUT2D eigenvalue weighted by atomic mass is 32.2. The van der Waals surface area contributed by atoms with Crippen LogP contribution < -0.4 is 10.9 Å². The zero-order chi connectivity index (χ0) is 18.9. The Kier molecular flexibility index (Phi) is 5.20. The van der Waals surface area contributed by atoms with Gasteiger partial charge in [-0.1, -0.05) is 0 Å². The van der Waals surface area contributed by atoms with Gasteiger partial charge in [0.2, 0.25) is 0 Å². The van der Waals surface area contributed by atoms with Gasteiger partial charge in [-0.3, -0.25) is 4.79 Å². The van der Waals surface area contributed by atoms with E-state index in [1.165, 1.54) is 10.8 Å². The summed E-state index contributed by atoms with van der Waals surface area (Å²) < 4.78 is 31.0. The van der Waals surface area contributed by atoms with Crippen LogP contribution in [-0.4, -0.2) is 38.5 Å². The van der Waals surface area contributed by atoms with Gasteiger partial charge in [-0.2, -0.15) is 0 Å². The van der Waals surface area contributed by atoms with Crippen LogP contribution in [0.25, 0.3) is 11.1 Å². The lowest BCUT2D eigenvalue weighted by molar-refractivity contribution is 0.0904. The van der Waals surface area contributed by atoms with E-state index < -0.39 is 9.84 Å². The number of rotatable bonds is 4. The van der Waals surface area contributed by atoms with E-state index in [1.807, 2.05) is 6.07 Å². The van der Waals surface area contributed by atoms with Gasteiger partial charge in [-0.15, -0.1) is 0 Å². The number of ether oxygens (including phenoxy) is 1. The van der Waals surface area contributed by atoms with Gasteiger partial charge in [0.1, 0.15) is 0 Å². The topological polar surface area (TPSA) is 77.4 Å². The first kappa shape index (κ1) is 18.7. The fourth-order valence-corrected chi connectivity index (χ4v) is 3.85. The van der Waals surface area contributed by atoms with Crippen LogP contribution in [0.2, 0.25) is 0 Å². The molecule has 6 nitrogen and oxygen atoms in total. The number of hydrogen-bond donors (Lipinski definition) is 1. The number of nitrogens with one attached hydrogen (secondary N) is 1. The van der Waals surface area contributed by atoms with Crippen molar-refractivity contribution in [3.63, 3.8) is 0 Å². The molecule has 140 valence electrons. The molecule has 1 aromatic heterocycles. The molecule has 0 spiro atoms. The Morgan fingerprint density at radius 3 is 2.50 bits per heavy atom. The highest BCUT2D eigenvalue weighted by Gasteiger charge is 2.18. The summed E-state index contributed by atoms with van der Waals surface area (Å²) >= 11 is 0. The van der Waals surface area contributed by atoms with Gasteiger partial charge < -0.3 is 14.6 Å². The van der Waals surface area contributed by atoms with E-state index in [0.29, 0.717) is 18.8 Å². The number of nitrogens with zero attached hydrogens (tertiary/aromatic N) is 1. The summed E-state index contributed by atoms with van der Waals surface area (Å²) in [5, 5.41) is 3.52. The number of anilines is 1. The minimum Gasteiger partial charge on any atom is -0.382 e. The van der Waals surface area contributed by atoms with Crippen LogP contribution in [0.4, 0.5) is 5.69 Å². The second-order valence-electron chi connectivity index (χ2n) is 6.84. The van der Waals surface area contributed by atoms with Gasteiger partial charge in [0.05, 0.1) is 4.90 Å². The third kappa shape index (κ3) is 3.99. The van der Waals surface area contributed by atoms with Crippen molar-refractivity contribution in [2.75, 3.05) is 24.8 Å². The predicted octanol–water partition coefficient (Wildman–Crippen LogP) is 2.36. The second kappa shape index (κ2) is 7.25. The van der Waals surface area contributed by atoms with Crippen molar-refractivity contribution in [1.82, 2.24) is 4.57 Å². The van der Waals surface area contributed by atoms with Crippen molar-refractivity contribution in [2.24, 2.45) is 7.05 Å². The second-order valence-corrected chi connectivity index (χ2v) is 8.85. The Morgan fingerprint density at radius 2 is 1.88 bits per heavy atom. The molecule has 1 aliphatic heterocycles. The van der Waals surface area contributed by atoms with Gasteiger partial charge in [0.15, 0.2) is 9.84 Å². The normalized spacial score (nSPS) is 15.8. The van der Waals surface area contributed by atoms with Gasteiger partial charge in [0.25, 0.3) is 5.56 Å². The number of aromatic nitrogens is 1. The summed E-state index contributed by atoms with van der Waals surface area (Å²) in [6, 6.07) is 7.19. The molecular formula is C19H24N2O4S. The monoisotopic (exact) mass is 376 g/mol. The molecule has 0 aliphatic carbocycles. The summed E-state index contributed by atoms with van der Waals surface area (Å²) in [5.41, 5.74) is 3.00. The van der Waals surface area contributed by atoms with E-state index in [2.05, 4.69) is 5.32 Å². The standard InChI is InChI=1S/C19H24N2O4S/c1-13-10-14(12-21(2)19(13)22)17-11-16(26(3,23)24)4-5-18(17)20-15-6-8-25-9-7-15/h4-5,10-12,15,20H,6-9H2,1-3H3. The summed E-state index contributed by atoms with van der Waals surface area (Å²) in [7, 11) is -1.63. The van der Waals surface area contributed by atoms with Gasteiger partial charge >= 0.3 is 0 Å². The number of sulfone groups is 1. The molecule has 2 heterocycles. The van der Waals surface area contributed by atoms with Gasteiger partial charge in [0, 0.05) is 61.1 Å². The van der Waals surface area contributed by atoms with E-state index in [9.17, 15) is 13.2 Å². The average molecular weight is 376 g/mol. The van der Waals surface area contributed by atoms with Gasteiger partial charge in [-0.05, 0) is 44.0 Å². The molecular weight excluding hydrogens is 352 g/mol. The van der Waals surface area contributed by atoms with Crippen LogP contribution in [-0.2, 0) is 21.6 Å². The van der Waals surface area contributed by atoms with Crippen LogP contribution in [0.5, 0.6) is 0 Å². The van der Waals surface area contributed by atoms with Crippen molar-refractivity contribution >= 4 is 15.5 Å². The largest absolute Gasteiger partial charge is 0.382 e. The first-order valence-electron chi connectivity index (χ1n) is 8.62. The Morgan fingerprint density at radius 1 is 1.19 bits per heavy atom.